The zero-order chi connectivity index (χ0) is 14.7. The summed E-state index contributed by atoms with van der Waals surface area (Å²) in [6.45, 7) is 2.08. The van der Waals surface area contributed by atoms with E-state index >= 15 is 0 Å². The highest BCUT2D eigenvalue weighted by molar-refractivity contribution is 6.00. The quantitative estimate of drug-likeness (QED) is 0.787. The van der Waals surface area contributed by atoms with Crippen LogP contribution in [0.15, 0.2) is 24.3 Å². The predicted molar refractivity (Wildman–Crippen MR) is 72.5 cm³/mol. The first-order chi connectivity index (χ1) is 9.54. The molecule has 1 aliphatic rings. The molecule has 0 aliphatic carbocycles. The van der Waals surface area contributed by atoms with Crippen molar-refractivity contribution in [1.29, 1.82) is 0 Å². The Labute approximate surface area is 117 Å². The molecule has 5 heteroatoms. The van der Waals surface area contributed by atoms with E-state index in [1.807, 2.05) is 0 Å². The maximum absolute atomic E-state index is 12.4. The average molecular weight is 275 g/mol. The predicted octanol–water partition coefficient (Wildman–Crippen LogP) is 1.67. The SMILES string of the molecule is COC(=O)c1cccc(C(=O)N2CCC[C@H]2C(C)=O)c1. The Balaban J connectivity index is 2.25. The number of esters is 1. The molecule has 1 aromatic rings. The fourth-order valence-electron chi connectivity index (χ4n) is 2.50. The Morgan fingerprint density at radius 2 is 1.95 bits per heavy atom. The highest BCUT2D eigenvalue weighted by Crippen LogP contribution is 2.21. The van der Waals surface area contributed by atoms with Gasteiger partial charge in [0.25, 0.3) is 5.91 Å². The summed E-state index contributed by atoms with van der Waals surface area (Å²) in [5.41, 5.74) is 0.734. The van der Waals surface area contributed by atoms with Crippen LogP contribution < -0.4 is 0 Å². The molecule has 0 aromatic heterocycles. The third kappa shape index (κ3) is 2.71. The Morgan fingerprint density at radius 1 is 1.25 bits per heavy atom. The topological polar surface area (TPSA) is 63.7 Å². The molecule has 1 aromatic carbocycles. The number of ketones is 1. The van der Waals surface area contributed by atoms with Crippen molar-refractivity contribution in [2.75, 3.05) is 13.7 Å². The van der Waals surface area contributed by atoms with E-state index < -0.39 is 5.97 Å². The first-order valence-corrected chi connectivity index (χ1v) is 6.54. The molecular weight excluding hydrogens is 258 g/mol. The number of hydrogen-bond acceptors (Lipinski definition) is 4. The Morgan fingerprint density at radius 3 is 2.60 bits per heavy atom. The van der Waals surface area contributed by atoms with Crippen LogP contribution in [0, 0.1) is 0 Å². The molecule has 1 amide bonds. The number of carbonyl (C=O) groups is 3. The van der Waals surface area contributed by atoms with Crippen LogP contribution >= 0.6 is 0 Å². The largest absolute Gasteiger partial charge is 0.465 e. The number of ether oxygens (including phenoxy) is 1. The molecule has 2 rings (SSSR count). The Hall–Kier alpha value is -2.17. The molecule has 1 fully saturated rings. The van der Waals surface area contributed by atoms with Crippen molar-refractivity contribution < 1.29 is 19.1 Å². The first kappa shape index (κ1) is 14.2. The van der Waals surface area contributed by atoms with Crippen molar-refractivity contribution in [1.82, 2.24) is 4.90 Å². The van der Waals surface area contributed by atoms with Crippen LogP contribution in [0.25, 0.3) is 0 Å². The summed E-state index contributed by atoms with van der Waals surface area (Å²) in [5.74, 6) is -0.697. The smallest absolute Gasteiger partial charge is 0.337 e. The molecule has 0 unspecified atom stereocenters. The third-order valence-electron chi connectivity index (χ3n) is 3.51. The Bertz CT molecular complexity index is 553. The van der Waals surface area contributed by atoms with Crippen molar-refractivity contribution in [3.05, 3.63) is 35.4 Å². The van der Waals surface area contributed by atoms with Crippen LogP contribution in [0.3, 0.4) is 0 Å². The lowest BCUT2D eigenvalue weighted by Crippen LogP contribution is -2.39. The van der Waals surface area contributed by atoms with Crippen LogP contribution in [-0.4, -0.2) is 42.3 Å². The second-order valence-corrected chi connectivity index (χ2v) is 4.84. The number of carbonyl (C=O) groups excluding carboxylic acids is 3. The lowest BCUT2D eigenvalue weighted by Gasteiger charge is -2.22. The number of rotatable bonds is 3. The second kappa shape index (κ2) is 5.86. The fraction of sp³-hybridized carbons (Fsp3) is 0.400. The van der Waals surface area contributed by atoms with Gasteiger partial charge in [0, 0.05) is 12.1 Å². The van der Waals surface area contributed by atoms with E-state index in [1.54, 1.807) is 23.1 Å². The van der Waals surface area contributed by atoms with Crippen LogP contribution in [0.1, 0.15) is 40.5 Å². The lowest BCUT2D eigenvalue weighted by molar-refractivity contribution is -0.120. The van der Waals surface area contributed by atoms with Gasteiger partial charge in [0.1, 0.15) is 0 Å². The maximum Gasteiger partial charge on any atom is 0.337 e. The standard InChI is InChI=1S/C15H17NO4/c1-10(17)13-7-4-8-16(13)14(18)11-5-3-6-12(9-11)15(19)20-2/h3,5-6,9,13H,4,7-8H2,1-2H3/t13-/m0/s1. The number of methoxy groups -OCH3 is 1. The second-order valence-electron chi connectivity index (χ2n) is 4.84. The van der Waals surface area contributed by atoms with E-state index in [4.69, 9.17) is 0 Å². The summed E-state index contributed by atoms with van der Waals surface area (Å²) < 4.78 is 4.64. The molecule has 20 heavy (non-hydrogen) atoms. The van der Waals surface area contributed by atoms with Crippen LogP contribution in [0.5, 0.6) is 0 Å². The molecule has 1 atom stereocenters. The van der Waals surface area contributed by atoms with Gasteiger partial charge in [-0.3, -0.25) is 9.59 Å². The molecule has 1 saturated heterocycles. The van der Waals surface area contributed by atoms with Gasteiger partial charge in [-0.15, -0.1) is 0 Å². The molecule has 0 spiro atoms. The highest BCUT2D eigenvalue weighted by atomic mass is 16.5. The number of likely N-dealkylation sites (tertiary alicyclic amines) is 1. The zero-order valence-corrected chi connectivity index (χ0v) is 11.6. The van der Waals surface area contributed by atoms with Crippen molar-refractivity contribution in [2.24, 2.45) is 0 Å². The van der Waals surface area contributed by atoms with Crippen molar-refractivity contribution in [3.63, 3.8) is 0 Å². The minimum atomic E-state index is -0.482. The normalized spacial score (nSPS) is 17.9. The summed E-state index contributed by atoms with van der Waals surface area (Å²) in [6.07, 6.45) is 1.53. The molecule has 1 aliphatic heterocycles. The summed E-state index contributed by atoms with van der Waals surface area (Å²) in [5, 5.41) is 0. The van der Waals surface area contributed by atoms with Gasteiger partial charge in [-0.2, -0.15) is 0 Å². The lowest BCUT2D eigenvalue weighted by atomic mass is 10.1. The van der Waals surface area contributed by atoms with Crippen molar-refractivity contribution >= 4 is 17.7 Å². The van der Waals surface area contributed by atoms with Gasteiger partial charge >= 0.3 is 5.97 Å². The minimum Gasteiger partial charge on any atom is -0.465 e. The summed E-state index contributed by atoms with van der Waals surface area (Å²) in [7, 11) is 1.29. The van der Waals surface area contributed by atoms with E-state index in [0.717, 1.165) is 6.42 Å². The zero-order valence-electron chi connectivity index (χ0n) is 11.6. The molecule has 0 radical (unpaired) electrons. The third-order valence-corrected chi connectivity index (χ3v) is 3.51. The van der Waals surface area contributed by atoms with Gasteiger partial charge in [0.2, 0.25) is 0 Å². The minimum absolute atomic E-state index is 0.0000255. The molecule has 1 heterocycles. The summed E-state index contributed by atoms with van der Waals surface area (Å²) in [6, 6.07) is 6.03. The van der Waals surface area contributed by atoms with Crippen molar-refractivity contribution in [2.45, 2.75) is 25.8 Å². The number of benzene rings is 1. The van der Waals surface area contributed by atoms with Crippen LogP contribution in [0.2, 0.25) is 0 Å². The van der Waals surface area contributed by atoms with Gasteiger partial charge < -0.3 is 9.64 Å². The molecule has 0 N–H and O–H groups in total. The number of amides is 1. The molecule has 0 saturated carbocycles. The number of Topliss-reactive ketones (excluding diaryl/α,β-unsaturated/α-hetero) is 1. The molecule has 5 nitrogen and oxygen atoms in total. The van der Waals surface area contributed by atoms with E-state index in [2.05, 4.69) is 4.74 Å². The van der Waals surface area contributed by atoms with Gasteiger partial charge in [-0.05, 0) is 38.0 Å². The van der Waals surface area contributed by atoms with Gasteiger partial charge in [-0.25, -0.2) is 4.79 Å². The van der Waals surface area contributed by atoms with Gasteiger partial charge in [0.05, 0.1) is 18.7 Å². The van der Waals surface area contributed by atoms with Gasteiger partial charge in [-0.1, -0.05) is 6.07 Å². The summed E-state index contributed by atoms with van der Waals surface area (Å²) >= 11 is 0. The van der Waals surface area contributed by atoms with Crippen molar-refractivity contribution in [3.8, 4) is 0 Å². The number of hydrogen-bond donors (Lipinski definition) is 0. The van der Waals surface area contributed by atoms with Gasteiger partial charge in [0.15, 0.2) is 5.78 Å². The van der Waals surface area contributed by atoms with Crippen LogP contribution in [0.4, 0.5) is 0 Å². The fourth-order valence-corrected chi connectivity index (χ4v) is 2.50. The van der Waals surface area contributed by atoms with E-state index in [0.29, 0.717) is 24.1 Å². The molecular formula is C15H17NO4. The average Bonchev–Trinajstić information content (AvgIpc) is 2.95. The monoisotopic (exact) mass is 275 g/mol. The van der Waals surface area contributed by atoms with E-state index in [-0.39, 0.29) is 17.7 Å². The molecule has 0 bridgehead atoms. The first-order valence-electron chi connectivity index (χ1n) is 6.54. The van der Waals surface area contributed by atoms with E-state index in [1.165, 1.54) is 20.1 Å². The van der Waals surface area contributed by atoms with Crippen LogP contribution in [-0.2, 0) is 9.53 Å². The highest BCUT2D eigenvalue weighted by Gasteiger charge is 2.32. The molecule has 106 valence electrons. The Kier molecular flexibility index (Phi) is 4.17. The number of nitrogens with zero attached hydrogens (tertiary/aromatic N) is 1. The summed E-state index contributed by atoms with van der Waals surface area (Å²) in [4.78, 5) is 37.1. The maximum atomic E-state index is 12.4. The van der Waals surface area contributed by atoms with E-state index in [9.17, 15) is 14.4 Å².